The standard InChI is InChI=1S/C13H16F3NO4/c14-13(15,16)10(20)17-8(9(18)19)12-3-6-1-7(12)4-11(21,2-6)5-12/h6-8,21H,1-5H2,(H,17,20)(H,18,19)/t6?,7?,8-,11?,12?/m1/s1. The van der Waals surface area contributed by atoms with Crippen molar-refractivity contribution in [3.63, 3.8) is 0 Å². The third-order valence-corrected chi connectivity index (χ3v) is 5.41. The minimum absolute atomic E-state index is 0.132. The van der Waals surface area contributed by atoms with Crippen LogP contribution < -0.4 is 5.32 Å². The van der Waals surface area contributed by atoms with E-state index in [9.17, 15) is 33.0 Å². The fourth-order valence-corrected chi connectivity index (χ4v) is 5.04. The first kappa shape index (κ1) is 14.6. The molecule has 0 aromatic heterocycles. The molecule has 0 aromatic carbocycles. The molecule has 4 aliphatic carbocycles. The van der Waals surface area contributed by atoms with Crippen molar-refractivity contribution < 1.29 is 33.0 Å². The Balaban J connectivity index is 1.89. The molecular weight excluding hydrogens is 291 g/mol. The van der Waals surface area contributed by atoms with Gasteiger partial charge in [0.1, 0.15) is 6.04 Å². The Morgan fingerprint density at radius 1 is 1.24 bits per heavy atom. The average Bonchev–Trinajstić information content (AvgIpc) is 2.66. The van der Waals surface area contributed by atoms with Gasteiger partial charge in [-0.1, -0.05) is 0 Å². The van der Waals surface area contributed by atoms with Crippen molar-refractivity contribution >= 4 is 11.9 Å². The number of carbonyl (C=O) groups excluding carboxylic acids is 1. The van der Waals surface area contributed by atoms with Crippen molar-refractivity contribution in [3.05, 3.63) is 0 Å². The van der Waals surface area contributed by atoms with Gasteiger partial charge in [0.05, 0.1) is 5.60 Å². The summed E-state index contributed by atoms with van der Waals surface area (Å²) in [6.07, 6.45) is -2.81. The summed E-state index contributed by atoms with van der Waals surface area (Å²) in [6, 6.07) is -1.60. The molecule has 0 spiro atoms. The number of alkyl halides is 3. The maximum Gasteiger partial charge on any atom is 0.471 e. The van der Waals surface area contributed by atoms with E-state index in [0.29, 0.717) is 25.7 Å². The number of carboxylic acids is 1. The van der Waals surface area contributed by atoms with Crippen LogP contribution >= 0.6 is 0 Å². The molecular formula is C13H16F3NO4. The van der Waals surface area contributed by atoms with Gasteiger partial charge in [-0.15, -0.1) is 0 Å². The van der Waals surface area contributed by atoms with Gasteiger partial charge in [-0.25, -0.2) is 4.79 Å². The number of halogens is 3. The van der Waals surface area contributed by atoms with Gasteiger partial charge < -0.3 is 15.5 Å². The van der Waals surface area contributed by atoms with Gasteiger partial charge in [-0.2, -0.15) is 13.2 Å². The quantitative estimate of drug-likeness (QED) is 0.727. The van der Waals surface area contributed by atoms with Crippen molar-refractivity contribution in [2.45, 2.75) is 49.9 Å². The van der Waals surface area contributed by atoms with Gasteiger partial charge in [-0.05, 0) is 43.9 Å². The van der Waals surface area contributed by atoms with Gasteiger partial charge in [0.2, 0.25) is 0 Å². The summed E-state index contributed by atoms with van der Waals surface area (Å²) in [5, 5.41) is 21.3. The number of hydrogen-bond acceptors (Lipinski definition) is 3. The van der Waals surface area contributed by atoms with Gasteiger partial charge in [0, 0.05) is 5.41 Å². The first-order valence-electron chi connectivity index (χ1n) is 6.89. The van der Waals surface area contributed by atoms with Crippen molar-refractivity contribution in [2.24, 2.45) is 17.3 Å². The lowest BCUT2D eigenvalue weighted by atomic mass is 9.69. The van der Waals surface area contributed by atoms with Crippen LogP contribution in [0.4, 0.5) is 13.2 Å². The lowest BCUT2D eigenvalue weighted by Gasteiger charge is -2.40. The number of rotatable bonds is 3. The average molecular weight is 307 g/mol. The van der Waals surface area contributed by atoms with E-state index in [0.717, 1.165) is 0 Å². The lowest BCUT2D eigenvalue weighted by molar-refractivity contribution is -0.177. The Hall–Kier alpha value is -1.31. The van der Waals surface area contributed by atoms with Crippen molar-refractivity contribution in [1.29, 1.82) is 0 Å². The zero-order chi connectivity index (χ0) is 15.6. The van der Waals surface area contributed by atoms with E-state index in [2.05, 4.69) is 0 Å². The zero-order valence-electron chi connectivity index (χ0n) is 11.1. The maximum absolute atomic E-state index is 12.4. The Bertz CT molecular complexity index is 508. The Morgan fingerprint density at radius 3 is 2.43 bits per heavy atom. The second-order valence-electron chi connectivity index (χ2n) is 6.79. The highest BCUT2D eigenvalue weighted by Crippen LogP contribution is 2.68. The van der Waals surface area contributed by atoms with Crippen molar-refractivity contribution in [2.75, 3.05) is 0 Å². The summed E-state index contributed by atoms with van der Waals surface area (Å²) in [6.45, 7) is 0. The summed E-state index contributed by atoms with van der Waals surface area (Å²) in [5.41, 5.74) is -1.94. The molecule has 3 N–H and O–H groups in total. The predicted octanol–water partition coefficient (Wildman–Crippen LogP) is 1.06. The molecule has 4 fully saturated rings. The van der Waals surface area contributed by atoms with Crippen LogP contribution in [0.15, 0.2) is 0 Å². The smallest absolute Gasteiger partial charge is 0.471 e. The Morgan fingerprint density at radius 2 is 1.90 bits per heavy atom. The topological polar surface area (TPSA) is 86.6 Å². The zero-order valence-corrected chi connectivity index (χ0v) is 11.1. The van der Waals surface area contributed by atoms with E-state index in [1.54, 1.807) is 5.32 Å². The molecule has 0 aliphatic heterocycles. The van der Waals surface area contributed by atoms with Crippen LogP contribution in [0.1, 0.15) is 32.1 Å². The van der Waals surface area contributed by atoms with E-state index in [-0.39, 0.29) is 18.3 Å². The number of hydrogen-bond donors (Lipinski definition) is 3. The molecule has 0 radical (unpaired) electrons. The Kier molecular flexibility index (Phi) is 2.87. The summed E-state index contributed by atoms with van der Waals surface area (Å²) >= 11 is 0. The second-order valence-corrected chi connectivity index (χ2v) is 6.79. The van der Waals surface area contributed by atoms with Gasteiger partial charge in [0.15, 0.2) is 0 Å². The molecule has 4 bridgehead atoms. The highest BCUT2D eigenvalue weighted by Gasteiger charge is 2.68. The van der Waals surface area contributed by atoms with E-state index in [1.807, 2.05) is 0 Å². The largest absolute Gasteiger partial charge is 0.480 e. The van der Waals surface area contributed by atoms with Gasteiger partial charge in [-0.3, -0.25) is 4.79 Å². The fourth-order valence-electron chi connectivity index (χ4n) is 5.04. The third-order valence-electron chi connectivity index (χ3n) is 5.41. The van der Waals surface area contributed by atoms with Crippen LogP contribution in [0, 0.1) is 17.3 Å². The van der Waals surface area contributed by atoms with Gasteiger partial charge >= 0.3 is 18.1 Å². The molecule has 8 heteroatoms. The van der Waals surface area contributed by atoms with E-state index >= 15 is 0 Å². The molecule has 4 unspecified atom stereocenters. The predicted molar refractivity (Wildman–Crippen MR) is 63.1 cm³/mol. The number of carbonyl (C=O) groups is 2. The molecule has 4 saturated carbocycles. The van der Waals surface area contributed by atoms with Crippen LogP contribution in [0.2, 0.25) is 0 Å². The van der Waals surface area contributed by atoms with Crippen molar-refractivity contribution in [1.82, 2.24) is 5.32 Å². The highest BCUT2D eigenvalue weighted by atomic mass is 19.4. The number of amides is 1. The molecule has 0 heterocycles. The molecule has 5 nitrogen and oxygen atoms in total. The maximum atomic E-state index is 12.4. The number of aliphatic carboxylic acids is 1. The summed E-state index contributed by atoms with van der Waals surface area (Å²) in [7, 11) is 0. The number of nitrogens with one attached hydrogen (secondary N) is 1. The van der Waals surface area contributed by atoms with Crippen LogP contribution in [0.5, 0.6) is 0 Å². The van der Waals surface area contributed by atoms with E-state index < -0.39 is 35.1 Å². The molecule has 0 saturated heterocycles. The Labute approximate surface area is 118 Å². The van der Waals surface area contributed by atoms with Crippen LogP contribution in [-0.4, -0.2) is 39.9 Å². The molecule has 118 valence electrons. The highest BCUT2D eigenvalue weighted by molar-refractivity contribution is 5.87. The molecule has 4 aliphatic rings. The molecule has 0 aromatic rings. The fraction of sp³-hybridized carbons (Fsp3) is 0.846. The lowest BCUT2D eigenvalue weighted by Crippen LogP contribution is -2.56. The number of aliphatic hydroxyl groups is 1. The van der Waals surface area contributed by atoms with Crippen LogP contribution in [0.25, 0.3) is 0 Å². The number of carboxylic acid groups (broad SMARTS) is 1. The van der Waals surface area contributed by atoms with Gasteiger partial charge in [0.25, 0.3) is 0 Å². The first-order valence-corrected chi connectivity index (χ1v) is 6.89. The summed E-state index contributed by atoms with van der Waals surface area (Å²) in [5.74, 6) is -3.71. The molecule has 21 heavy (non-hydrogen) atoms. The summed E-state index contributed by atoms with van der Waals surface area (Å²) < 4.78 is 37.2. The minimum Gasteiger partial charge on any atom is -0.480 e. The minimum atomic E-state index is -5.11. The van der Waals surface area contributed by atoms with Crippen LogP contribution in [0.3, 0.4) is 0 Å². The first-order chi connectivity index (χ1) is 9.56. The molecule has 1 amide bonds. The molecule has 4 rings (SSSR count). The normalized spacial score (nSPS) is 42.1. The van der Waals surface area contributed by atoms with E-state index in [4.69, 9.17) is 0 Å². The van der Waals surface area contributed by atoms with Crippen LogP contribution in [-0.2, 0) is 9.59 Å². The third kappa shape index (κ3) is 2.11. The van der Waals surface area contributed by atoms with E-state index in [1.165, 1.54) is 0 Å². The summed E-state index contributed by atoms with van der Waals surface area (Å²) in [4.78, 5) is 22.6. The second kappa shape index (κ2) is 4.12. The molecule has 5 atom stereocenters. The van der Waals surface area contributed by atoms with Crippen molar-refractivity contribution in [3.8, 4) is 0 Å². The monoisotopic (exact) mass is 307 g/mol. The SMILES string of the molecule is O=C(O)[C@@H](NC(=O)C(F)(F)F)C12CC3CC1CC(O)(C3)C2.